The molecule has 0 radical (unpaired) electrons. The summed E-state index contributed by atoms with van der Waals surface area (Å²) in [4.78, 5) is 17.1. The normalized spacial score (nSPS) is 16.7. The highest BCUT2D eigenvalue weighted by Gasteiger charge is 2.34. The fourth-order valence-corrected chi connectivity index (χ4v) is 4.38. The Morgan fingerprint density at radius 1 is 0.889 bits per heavy atom. The molecule has 0 spiro atoms. The predicted octanol–water partition coefficient (Wildman–Crippen LogP) is 3.24. The van der Waals surface area contributed by atoms with Crippen molar-refractivity contribution in [3.63, 3.8) is 0 Å². The highest BCUT2D eigenvalue weighted by Crippen LogP contribution is 2.41. The number of hydrogen-bond acceptors (Lipinski definition) is 9. The van der Waals surface area contributed by atoms with E-state index in [1.54, 1.807) is 40.6 Å². The van der Waals surface area contributed by atoms with Crippen LogP contribution in [0.15, 0.2) is 36.4 Å². The summed E-state index contributed by atoms with van der Waals surface area (Å²) in [7, 11) is 6.38. The Labute approximate surface area is 212 Å². The van der Waals surface area contributed by atoms with Crippen molar-refractivity contribution in [2.24, 2.45) is 5.92 Å². The Hall–Kier alpha value is -3.33. The number of carbonyl (C=O) groups is 1. The van der Waals surface area contributed by atoms with E-state index in [4.69, 9.17) is 28.4 Å². The molecule has 1 atom stereocenters. The van der Waals surface area contributed by atoms with Gasteiger partial charge in [-0.1, -0.05) is 12.1 Å². The number of esters is 1. The maximum atomic E-state index is 12.5. The minimum atomic E-state index is -0.394. The van der Waals surface area contributed by atoms with Gasteiger partial charge in [-0.25, -0.2) is 0 Å². The van der Waals surface area contributed by atoms with Gasteiger partial charge in [0.15, 0.2) is 11.5 Å². The molecular formula is C27H36N2O7. The number of hydrogen-bond donors (Lipinski definition) is 0. The zero-order valence-corrected chi connectivity index (χ0v) is 21.5. The summed E-state index contributed by atoms with van der Waals surface area (Å²) >= 11 is 0. The fraction of sp³-hybridized carbons (Fsp3) is 0.519. The molecule has 1 heterocycles. The van der Waals surface area contributed by atoms with Gasteiger partial charge in [0.1, 0.15) is 24.2 Å². The lowest BCUT2D eigenvalue weighted by atomic mass is 10.2. The number of carbonyl (C=O) groups excluding carboxylic acids is 1. The van der Waals surface area contributed by atoms with Crippen molar-refractivity contribution < 1.29 is 33.2 Å². The van der Waals surface area contributed by atoms with Gasteiger partial charge in [0.05, 0.1) is 40.0 Å². The highest BCUT2D eigenvalue weighted by atomic mass is 16.6. The van der Waals surface area contributed by atoms with Crippen molar-refractivity contribution in [3.8, 4) is 28.7 Å². The Balaban J connectivity index is 1.39. The second-order valence-corrected chi connectivity index (χ2v) is 8.96. The van der Waals surface area contributed by atoms with Crippen LogP contribution in [0.3, 0.4) is 0 Å². The topological polar surface area (TPSA) is 78.9 Å². The van der Waals surface area contributed by atoms with Gasteiger partial charge in [-0.15, -0.1) is 0 Å². The molecule has 1 saturated heterocycles. The lowest BCUT2D eigenvalue weighted by Gasteiger charge is -2.37. The molecule has 196 valence electrons. The predicted molar refractivity (Wildman–Crippen MR) is 136 cm³/mol. The van der Waals surface area contributed by atoms with E-state index in [1.807, 2.05) is 18.2 Å². The number of piperazine rings is 1. The van der Waals surface area contributed by atoms with Crippen LogP contribution in [0, 0.1) is 5.92 Å². The van der Waals surface area contributed by atoms with E-state index >= 15 is 0 Å². The van der Waals surface area contributed by atoms with Gasteiger partial charge < -0.3 is 33.3 Å². The summed E-state index contributed by atoms with van der Waals surface area (Å²) in [5.41, 5.74) is 1.10. The molecule has 2 aliphatic rings. The number of rotatable bonds is 12. The van der Waals surface area contributed by atoms with E-state index in [0.717, 1.165) is 50.5 Å². The van der Waals surface area contributed by atoms with Crippen molar-refractivity contribution in [3.05, 3.63) is 36.4 Å². The molecular weight excluding hydrogens is 464 g/mol. The minimum absolute atomic E-state index is 0.0241. The van der Waals surface area contributed by atoms with Gasteiger partial charge in [-0.2, -0.15) is 0 Å². The van der Waals surface area contributed by atoms with Crippen LogP contribution < -0.4 is 28.6 Å². The van der Waals surface area contributed by atoms with E-state index < -0.39 is 6.10 Å². The summed E-state index contributed by atoms with van der Waals surface area (Å²) in [6.45, 7) is 4.24. The molecule has 2 aromatic rings. The largest absolute Gasteiger partial charge is 0.495 e. The Morgan fingerprint density at radius 3 is 2.11 bits per heavy atom. The van der Waals surface area contributed by atoms with E-state index in [1.165, 1.54) is 0 Å². The third kappa shape index (κ3) is 6.26. The molecule has 36 heavy (non-hydrogen) atoms. The van der Waals surface area contributed by atoms with Crippen LogP contribution in [0.5, 0.6) is 28.7 Å². The molecule has 2 aromatic carbocycles. The van der Waals surface area contributed by atoms with Gasteiger partial charge in [-0.3, -0.25) is 9.69 Å². The van der Waals surface area contributed by atoms with Crippen LogP contribution in [0.4, 0.5) is 5.69 Å². The number of methoxy groups -OCH3 is 4. The average molecular weight is 501 g/mol. The number of para-hydroxylation sites is 2. The zero-order valence-electron chi connectivity index (χ0n) is 21.5. The van der Waals surface area contributed by atoms with Crippen LogP contribution in [0.1, 0.15) is 12.8 Å². The molecule has 0 N–H and O–H groups in total. The molecule has 1 aliphatic carbocycles. The SMILES string of the molecule is COc1ccccc1N1CCN(CC(COc2cc(OC)c(OC)c(OC)c2)OC(=O)C2CC2)CC1. The molecule has 0 aromatic heterocycles. The summed E-state index contributed by atoms with van der Waals surface area (Å²) in [6.07, 6.45) is 1.41. The van der Waals surface area contributed by atoms with Crippen LogP contribution >= 0.6 is 0 Å². The molecule has 4 rings (SSSR count). The highest BCUT2D eigenvalue weighted by molar-refractivity contribution is 5.75. The number of ether oxygens (including phenoxy) is 6. The van der Waals surface area contributed by atoms with Gasteiger partial charge in [0.25, 0.3) is 0 Å². The van der Waals surface area contributed by atoms with E-state index in [0.29, 0.717) is 29.5 Å². The van der Waals surface area contributed by atoms with Crippen LogP contribution in [0.25, 0.3) is 0 Å². The summed E-state index contributed by atoms with van der Waals surface area (Å²) in [5.74, 6) is 2.82. The third-order valence-electron chi connectivity index (χ3n) is 6.53. The van der Waals surface area contributed by atoms with Crippen LogP contribution in [-0.4, -0.2) is 84.7 Å². The smallest absolute Gasteiger partial charge is 0.309 e. The number of nitrogens with zero attached hydrogens (tertiary/aromatic N) is 2. The van der Waals surface area contributed by atoms with Crippen molar-refractivity contribution in [2.45, 2.75) is 18.9 Å². The third-order valence-corrected chi connectivity index (χ3v) is 6.53. The molecule has 1 saturated carbocycles. The maximum Gasteiger partial charge on any atom is 0.309 e. The summed E-state index contributed by atoms with van der Waals surface area (Å²) < 4.78 is 33.7. The van der Waals surface area contributed by atoms with Gasteiger partial charge >= 0.3 is 5.97 Å². The first-order valence-corrected chi connectivity index (χ1v) is 12.3. The zero-order chi connectivity index (χ0) is 25.5. The van der Waals surface area contributed by atoms with E-state index in [9.17, 15) is 4.79 Å². The Bertz CT molecular complexity index is 994. The molecule has 0 bridgehead atoms. The lowest BCUT2D eigenvalue weighted by Crippen LogP contribution is -2.50. The first-order valence-electron chi connectivity index (χ1n) is 12.3. The molecule has 1 aliphatic heterocycles. The molecule has 0 amide bonds. The fourth-order valence-electron chi connectivity index (χ4n) is 4.38. The van der Waals surface area contributed by atoms with Crippen LogP contribution in [0.2, 0.25) is 0 Å². The van der Waals surface area contributed by atoms with Gasteiger partial charge in [-0.05, 0) is 25.0 Å². The number of anilines is 1. The van der Waals surface area contributed by atoms with Gasteiger partial charge in [0, 0.05) is 44.9 Å². The average Bonchev–Trinajstić information content (AvgIpc) is 3.77. The first kappa shape index (κ1) is 25.8. The molecule has 9 heteroatoms. The van der Waals surface area contributed by atoms with Gasteiger partial charge in [0.2, 0.25) is 5.75 Å². The maximum absolute atomic E-state index is 12.5. The quantitative estimate of drug-likeness (QED) is 0.408. The summed E-state index contributed by atoms with van der Waals surface area (Å²) in [6, 6.07) is 11.6. The lowest BCUT2D eigenvalue weighted by molar-refractivity contribution is -0.153. The summed E-state index contributed by atoms with van der Waals surface area (Å²) in [5, 5.41) is 0. The Kier molecular flexibility index (Phi) is 8.64. The van der Waals surface area contributed by atoms with Crippen molar-refractivity contribution in [1.29, 1.82) is 0 Å². The minimum Gasteiger partial charge on any atom is -0.495 e. The number of benzene rings is 2. The Morgan fingerprint density at radius 2 is 1.53 bits per heavy atom. The molecule has 2 fully saturated rings. The second kappa shape index (κ2) is 12.1. The van der Waals surface area contributed by atoms with E-state index in [-0.39, 0.29) is 18.5 Å². The standard InChI is InChI=1S/C27H36N2O7/c1-31-23-8-6-5-7-22(23)29-13-11-28(12-14-29)17-21(36-27(30)19-9-10-19)18-35-20-15-24(32-2)26(34-4)25(16-20)33-3/h5-8,15-16,19,21H,9-14,17-18H2,1-4H3. The van der Waals surface area contributed by atoms with E-state index in [2.05, 4.69) is 15.9 Å². The molecule has 1 unspecified atom stereocenters. The molecule has 9 nitrogen and oxygen atoms in total. The van der Waals surface area contributed by atoms with Crippen molar-refractivity contribution in [2.75, 3.05) is 72.7 Å². The van der Waals surface area contributed by atoms with Crippen LogP contribution in [-0.2, 0) is 9.53 Å². The van der Waals surface area contributed by atoms with Crippen molar-refractivity contribution >= 4 is 11.7 Å². The van der Waals surface area contributed by atoms with Crippen molar-refractivity contribution in [1.82, 2.24) is 4.90 Å². The second-order valence-electron chi connectivity index (χ2n) is 8.96. The first-order chi connectivity index (χ1) is 17.6. The monoisotopic (exact) mass is 500 g/mol.